The first-order chi connectivity index (χ1) is 4.16. The van der Waals surface area contributed by atoms with Crippen molar-refractivity contribution in [2.45, 2.75) is 25.9 Å². The van der Waals surface area contributed by atoms with Gasteiger partial charge in [0.25, 0.3) is 0 Å². The van der Waals surface area contributed by atoms with Gasteiger partial charge in [-0.1, -0.05) is 0 Å². The van der Waals surface area contributed by atoms with Gasteiger partial charge in [0, 0.05) is 6.42 Å². The molecule has 0 aromatic rings. The van der Waals surface area contributed by atoms with Crippen LogP contribution in [-0.2, 0) is 9.53 Å². The number of ether oxygens (including phenoxy) is 1. The van der Waals surface area contributed by atoms with E-state index in [-0.39, 0.29) is 5.97 Å². The summed E-state index contributed by atoms with van der Waals surface area (Å²) >= 11 is 0. The zero-order valence-electron chi connectivity index (χ0n) is 5.76. The summed E-state index contributed by atoms with van der Waals surface area (Å²) in [6, 6.07) is 0. The summed E-state index contributed by atoms with van der Waals surface area (Å²) in [7, 11) is 1.34. The van der Waals surface area contributed by atoms with E-state index in [1.807, 2.05) is 0 Å². The van der Waals surface area contributed by atoms with Gasteiger partial charge in [0.05, 0.1) is 13.2 Å². The number of carbonyl (C=O) groups excluding carboxylic acids is 1. The largest absolute Gasteiger partial charge is 0.469 e. The molecule has 0 saturated carbocycles. The smallest absolute Gasteiger partial charge is 0.305 e. The van der Waals surface area contributed by atoms with Crippen molar-refractivity contribution in [3.63, 3.8) is 0 Å². The van der Waals surface area contributed by atoms with Gasteiger partial charge in [0.1, 0.15) is 0 Å². The molecule has 54 valence electrons. The Labute approximate surface area is 54.6 Å². The van der Waals surface area contributed by atoms with E-state index in [1.54, 1.807) is 6.92 Å². The minimum Gasteiger partial charge on any atom is -0.469 e. The number of hydrogen-bond donors (Lipinski definition) is 1. The SMILES string of the molecule is COC(=O)CC[C@H](C)O. The Morgan fingerprint density at radius 1 is 1.78 bits per heavy atom. The van der Waals surface area contributed by atoms with Crippen molar-refractivity contribution >= 4 is 5.97 Å². The molecule has 0 amide bonds. The molecule has 0 aromatic heterocycles. The minimum atomic E-state index is -0.413. The van der Waals surface area contributed by atoms with Gasteiger partial charge in [0.2, 0.25) is 0 Å². The lowest BCUT2D eigenvalue weighted by atomic mass is 10.2. The maximum atomic E-state index is 10.4. The van der Waals surface area contributed by atoms with Crippen molar-refractivity contribution in [2.75, 3.05) is 7.11 Å². The Hall–Kier alpha value is -0.570. The Bertz CT molecular complexity index is 88.3. The molecule has 0 aliphatic heterocycles. The molecular weight excluding hydrogens is 120 g/mol. The molecule has 1 atom stereocenters. The summed E-state index contributed by atoms with van der Waals surface area (Å²) < 4.78 is 4.35. The molecule has 0 heterocycles. The fourth-order valence-corrected chi connectivity index (χ4v) is 0.429. The van der Waals surface area contributed by atoms with E-state index in [0.717, 1.165) is 0 Å². The number of aliphatic hydroxyl groups is 1. The fraction of sp³-hybridized carbons (Fsp3) is 0.833. The van der Waals surface area contributed by atoms with Gasteiger partial charge in [-0.2, -0.15) is 0 Å². The molecule has 0 saturated heterocycles. The lowest BCUT2D eigenvalue weighted by Crippen LogP contribution is -2.06. The van der Waals surface area contributed by atoms with Crippen LogP contribution in [0.5, 0.6) is 0 Å². The molecule has 3 heteroatoms. The highest BCUT2D eigenvalue weighted by atomic mass is 16.5. The molecule has 0 aromatic carbocycles. The van der Waals surface area contributed by atoms with Gasteiger partial charge in [-0.25, -0.2) is 0 Å². The first-order valence-electron chi connectivity index (χ1n) is 2.91. The van der Waals surface area contributed by atoms with Crippen LogP contribution in [0.15, 0.2) is 0 Å². The highest BCUT2D eigenvalue weighted by Gasteiger charge is 2.01. The number of hydrogen-bond acceptors (Lipinski definition) is 3. The Morgan fingerprint density at radius 3 is 2.67 bits per heavy atom. The van der Waals surface area contributed by atoms with E-state index in [1.165, 1.54) is 7.11 Å². The third kappa shape index (κ3) is 5.30. The van der Waals surface area contributed by atoms with E-state index in [9.17, 15) is 4.79 Å². The van der Waals surface area contributed by atoms with Crippen LogP contribution in [0.3, 0.4) is 0 Å². The highest BCUT2D eigenvalue weighted by Crippen LogP contribution is 1.95. The van der Waals surface area contributed by atoms with Crippen LogP contribution in [-0.4, -0.2) is 24.3 Å². The summed E-state index contributed by atoms with van der Waals surface area (Å²) in [6.45, 7) is 1.64. The average Bonchev–Trinajstić information content (AvgIpc) is 1.83. The van der Waals surface area contributed by atoms with Crippen molar-refractivity contribution in [1.82, 2.24) is 0 Å². The average molecular weight is 132 g/mol. The summed E-state index contributed by atoms with van der Waals surface area (Å²) in [6.07, 6.45) is 0.366. The normalized spacial score (nSPS) is 12.8. The molecule has 0 spiro atoms. The van der Waals surface area contributed by atoms with Crippen molar-refractivity contribution < 1.29 is 14.6 Å². The Morgan fingerprint density at radius 2 is 2.33 bits per heavy atom. The van der Waals surface area contributed by atoms with Crippen molar-refractivity contribution in [2.24, 2.45) is 0 Å². The molecule has 0 aliphatic rings. The Kier molecular flexibility index (Phi) is 4.05. The van der Waals surface area contributed by atoms with Gasteiger partial charge in [-0.3, -0.25) is 4.79 Å². The highest BCUT2D eigenvalue weighted by molar-refractivity contribution is 5.69. The van der Waals surface area contributed by atoms with Gasteiger partial charge in [-0.15, -0.1) is 0 Å². The van der Waals surface area contributed by atoms with E-state index in [2.05, 4.69) is 4.74 Å². The fourth-order valence-electron chi connectivity index (χ4n) is 0.429. The second-order valence-corrected chi connectivity index (χ2v) is 1.96. The van der Waals surface area contributed by atoms with E-state index < -0.39 is 6.10 Å². The molecular formula is C6H12O3. The number of aliphatic hydroxyl groups excluding tert-OH is 1. The lowest BCUT2D eigenvalue weighted by Gasteiger charge is -2.00. The zero-order valence-corrected chi connectivity index (χ0v) is 5.76. The molecule has 0 bridgehead atoms. The van der Waals surface area contributed by atoms with E-state index in [4.69, 9.17) is 5.11 Å². The molecule has 0 aliphatic carbocycles. The topological polar surface area (TPSA) is 46.5 Å². The minimum absolute atomic E-state index is 0.268. The predicted octanol–water partition coefficient (Wildman–Crippen LogP) is 0.320. The molecule has 9 heavy (non-hydrogen) atoms. The molecule has 0 fully saturated rings. The summed E-state index contributed by atoms with van der Waals surface area (Å²) in [5.41, 5.74) is 0. The van der Waals surface area contributed by atoms with Crippen LogP contribution in [0.25, 0.3) is 0 Å². The summed E-state index contributed by atoms with van der Waals surface area (Å²) in [4.78, 5) is 10.4. The molecule has 0 rings (SSSR count). The van der Waals surface area contributed by atoms with Crippen LogP contribution in [0, 0.1) is 0 Å². The quantitative estimate of drug-likeness (QED) is 0.562. The first-order valence-corrected chi connectivity index (χ1v) is 2.91. The van der Waals surface area contributed by atoms with Crippen LogP contribution in [0.2, 0.25) is 0 Å². The van der Waals surface area contributed by atoms with Gasteiger partial charge < -0.3 is 9.84 Å². The predicted molar refractivity (Wildman–Crippen MR) is 32.9 cm³/mol. The maximum absolute atomic E-state index is 10.4. The number of methoxy groups -OCH3 is 1. The van der Waals surface area contributed by atoms with E-state index in [0.29, 0.717) is 12.8 Å². The van der Waals surface area contributed by atoms with Gasteiger partial charge >= 0.3 is 5.97 Å². The first kappa shape index (κ1) is 8.43. The molecule has 0 unspecified atom stereocenters. The van der Waals surface area contributed by atoms with Crippen LogP contribution >= 0.6 is 0 Å². The van der Waals surface area contributed by atoms with Crippen molar-refractivity contribution in [3.05, 3.63) is 0 Å². The van der Waals surface area contributed by atoms with E-state index >= 15 is 0 Å². The maximum Gasteiger partial charge on any atom is 0.305 e. The number of esters is 1. The third-order valence-corrected chi connectivity index (χ3v) is 0.994. The van der Waals surface area contributed by atoms with Gasteiger partial charge in [-0.05, 0) is 13.3 Å². The van der Waals surface area contributed by atoms with Gasteiger partial charge in [0.15, 0.2) is 0 Å². The number of rotatable bonds is 3. The lowest BCUT2D eigenvalue weighted by molar-refractivity contribution is -0.141. The molecule has 3 nitrogen and oxygen atoms in total. The number of carbonyl (C=O) groups is 1. The van der Waals surface area contributed by atoms with Crippen LogP contribution < -0.4 is 0 Å². The monoisotopic (exact) mass is 132 g/mol. The standard InChI is InChI=1S/C6H12O3/c1-5(7)3-4-6(8)9-2/h5,7H,3-4H2,1-2H3/t5-/m0/s1. The third-order valence-electron chi connectivity index (χ3n) is 0.994. The van der Waals surface area contributed by atoms with Crippen LogP contribution in [0.1, 0.15) is 19.8 Å². The summed E-state index contributed by atoms with van der Waals surface area (Å²) in [5.74, 6) is -0.268. The van der Waals surface area contributed by atoms with Crippen LogP contribution in [0.4, 0.5) is 0 Å². The Balaban J connectivity index is 3.17. The second kappa shape index (κ2) is 4.32. The van der Waals surface area contributed by atoms with Crippen molar-refractivity contribution in [1.29, 1.82) is 0 Å². The second-order valence-electron chi connectivity index (χ2n) is 1.96. The zero-order chi connectivity index (χ0) is 7.28. The van der Waals surface area contributed by atoms with Crippen molar-refractivity contribution in [3.8, 4) is 0 Å². The summed E-state index contributed by atoms with van der Waals surface area (Å²) in [5, 5.41) is 8.69. The molecule has 0 radical (unpaired) electrons. The molecule has 1 N–H and O–H groups in total.